The lowest BCUT2D eigenvalue weighted by Gasteiger charge is -2.22. The first kappa shape index (κ1) is 31.0. The third-order valence-electron chi connectivity index (χ3n) is 7.26. The van der Waals surface area contributed by atoms with Crippen molar-refractivity contribution in [2.45, 2.75) is 39.3 Å². The van der Waals surface area contributed by atoms with Gasteiger partial charge < -0.3 is 9.47 Å². The number of aldehydes is 1. The molecule has 0 amide bonds. The number of carbonyl (C=O) groups is 1. The maximum absolute atomic E-state index is 11.0. The van der Waals surface area contributed by atoms with E-state index in [4.69, 9.17) is 9.47 Å². The number of ether oxygens (including phenoxy) is 2. The predicted molar refractivity (Wildman–Crippen MR) is 170 cm³/mol. The van der Waals surface area contributed by atoms with E-state index in [9.17, 15) is 4.79 Å². The summed E-state index contributed by atoms with van der Waals surface area (Å²) in [5, 5.41) is 0. The second kappa shape index (κ2) is 15.3. The molecule has 0 spiro atoms. The minimum atomic E-state index is 0.705. The molecule has 220 valence electrons. The maximum atomic E-state index is 11.0. The van der Waals surface area contributed by atoms with Crippen LogP contribution < -0.4 is 9.47 Å². The SMILES string of the molecule is COc1ccc(CN(C)Cc2cc(CN(C)Cc3ccc(C=O)cc3)cc(CN(C)Cc3ccc(OC)cc3)c2)cc1. The highest BCUT2D eigenvalue weighted by molar-refractivity contribution is 5.74. The summed E-state index contributed by atoms with van der Waals surface area (Å²) in [7, 11) is 9.87. The highest BCUT2D eigenvalue weighted by atomic mass is 16.5. The van der Waals surface area contributed by atoms with Crippen molar-refractivity contribution in [2.75, 3.05) is 35.4 Å². The molecule has 0 aliphatic heterocycles. The van der Waals surface area contributed by atoms with Crippen LogP contribution in [0.25, 0.3) is 0 Å². The van der Waals surface area contributed by atoms with Gasteiger partial charge in [-0.1, -0.05) is 66.7 Å². The van der Waals surface area contributed by atoms with Gasteiger partial charge in [0.2, 0.25) is 0 Å². The molecule has 0 aliphatic carbocycles. The zero-order chi connectivity index (χ0) is 29.9. The average Bonchev–Trinajstić information content (AvgIpc) is 2.98. The molecule has 42 heavy (non-hydrogen) atoms. The number of hydrogen-bond donors (Lipinski definition) is 0. The van der Waals surface area contributed by atoms with Crippen LogP contribution in [0.15, 0.2) is 91.0 Å². The van der Waals surface area contributed by atoms with E-state index in [1.165, 1.54) is 33.4 Å². The van der Waals surface area contributed by atoms with Crippen LogP contribution in [0.3, 0.4) is 0 Å². The summed E-state index contributed by atoms with van der Waals surface area (Å²) in [6, 6.07) is 31.4. The molecule has 0 unspecified atom stereocenters. The Kier molecular flexibility index (Phi) is 11.3. The number of nitrogens with zero attached hydrogens (tertiary/aromatic N) is 3. The zero-order valence-electron chi connectivity index (χ0n) is 25.5. The van der Waals surface area contributed by atoms with Gasteiger partial charge in [0.25, 0.3) is 0 Å². The maximum Gasteiger partial charge on any atom is 0.150 e. The Bertz CT molecular complexity index is 1330. The van der Waals surface area contributed by atoms with E-state index in [0.29, 0.717) is 5.56 Å². The summed E-state index contributed by atoms with van der Waals surface area (Å²) in [6.07, 6.45) is 0.887. The Morgan fingerprint density at radius 1 is 0.476 bits per heavy atom. The van der Waals surface area contributed by atoms with Crippen molar-refractivity contribution >= 4 is 6.29 Å². The number of carbonyl (C=O) groups excluding carboxylic acids is 1. The van der Waals surface area contributed by atoms with Gasteiger partial charge in [-0.2, -0.15) is 0 Å². The molecule has 0 bridgehead atoms. The highest BCUT2D eigenvalue weighted by Crippen LogP contribution is 2.20. The molecule has 0 saturated carbocycles. The summed E-state index contributed by atoms with van der Waals surface area (Å²) >= 11 is 0. The van der Waals surface area contributed by atoms with Crippen molar-refractivity contribution in [3.63, 3.8) is 0 Å². The quantitative estimate of drug-likeness (QED) is 0.155. The molecule has 0 atom stereocenters. The van der Waals surface area contributed by atoms with Crippen LogP contribution in [-0.2, 0) is 39.3 Å². The van der Waals surface area contributed by atoms with Gasteiger partial charge in [-0.05, 0) is 78.8 Å². The normalized spacial score (nSPS) is 11.3. The number of methoxy groups -OCH3 is 2. The Morgan fingerprint density at radius 3 is 1.05 bits per heavy atom. The minimum absolute atomic E-state index is 0.705. The van der Waals surface area contributed by atoms with E-state index in [0.717, 1.165) is 57.1 Å². The summed E-state index contributed by atoms with van der Waals surface area (Å²) in [4.78, 5) is 18.1. The molecule has 0 N–H and O–H groups in total. The van der Waals surface area contributed by atoms with Gasteiger partial charge in [-0.25, -0.2) is 0 Å². The Hall–Kier alpha value is -3.97. The van der Waals surface area contributed by atoms with Gasteiger partial charge in [0.15, 0.2) is 0 Å². The molecular weight excluding hydrogens is 522 g/mol. The summed E-state index contributed by atoms with van der Waals surface area (Å²) in [6.45, 7) is 5.07. The van der Waals surface area contributed by atoms with E-state index >= 15 is 0 Å². The van der Waals surface area contributed by atoms with Crippen molar-refractivity contribution in [1.29, 1.82) is 0 Å². The second-order valence-electron chi connectivity index (χ2n) is 11.2. The average molecular weight is 566 g/mol. The minimum Gasteiger partial charge on any atom is -0.497 e. The molecule has 6 heteroatoms. The monoisotopic (exact) mass is 565 g/mol. The van der Waals surface area contributed by atoms with E-state index < -0.39 is 0 Å². The smallest absolute Gasteiger partial charge is 0.150 e. The Morgan fingerprint density at radius 2 is 0.762 bits per heavy atom. The van der Waals surface area contributed by atoms with E-state index in [2.05, 4.69) is 78.3 Å². The van der Waals surface area contributed by atoms with Crippen molar-refractivity contribution in [3.8, 4) is 11.5 Å². The molecule has 0 fully saturated rings. The fraction of sp³-hybridized carbons (Fsp3) is 0.306. The lowest BCUT2D eigenvalue weighted by molar-refractivity contribution is 0.112. The van der Waals surface area contributed by atoms with Gasteiger partial charge in [-0.15, -0.1) is 0 Å². The molecule has 4 rings (SSSR count). The van der Waals surface area contributed by atoms with E-state index in [-0.39, 0.29) is 0 Å². The molecule has 0 saturated heterocycles. The van der Waals surface area contributed by atoms with Crippen LogP contribution in [0.1, 0.15) is 43.7 Å². The lowest BCUT2D eigenvalue weighted by Crippen LogP contribution is -2.21. The molecule has 4 aromatic rings. The van der Waals surface area contributed by atoms with Gasteiger partial charge in [-0.3, -0.25) is 19.5 Å². The van der Waals surface area contributed by atoms with Crippen molar-refractivity contribution in [2.24, 2.45) is 0 Å². The summed E-state index contributed by atoms with van der Waals surface area (Å²) < 4.78 is 10.6. The van der Waals surface area contributed by atoms with Crippen LogP contribution in [0.2, 0.25) is 0 Å². The van der Waals surface area contributed by atoms with Crippen LogP contribution in [-0.4, -0.2) is 56.3 Å². The van der Waals surface area contributed by atoms with Crippen LogP contribution in [0.5, 0.6) is 11.5 Å². The number of hydrogen-bond acceptors (Lipinski definition) is 6. The fourth-order valence-corrected chi connectivity index (χ4v) is 5.31. The lowest BCUT2D eigenvalue weighted by atomic mass is 10.0. The standard InChI is InChI=1S/C36H43N3O3/c1-37(21-28-6-8-31(27-40)9-7-28)24-32-18-33(25-38(2)22-29-10-14-35(41-4)15-11-29)20-34(19-32)26-39(3)23-30-12-16-36(42-5)17-13-30/h6-20,27H,21-26H2,1-5H3. The molecule has 0 aliphatic rings. The second-order valence-corrected chi connectivity index (χ2v) is 11.2. The summed E-state index contributed by atoms with van der Waals surface area (Å²) in [5.74, 6) is 1.75. The van der Waals surface area contributed by atoms with Crippen LogP contribution in [0, 0.1) is 0 Å². The van der Waals surface area contributed by atoms with Gasteiger partial charge in [0, 0.05) is 44.8 Å². The van der Waals surface area contributed by atoms with E-state index in [1.54, 1.807) is 14.2 Å². The third-order valence-corrected chi connectivity index (χ3v) is 7.26. The van der Waals surface area contributed by atoms with Crippen LogP contribution >= 0.6 is 0 Å². The Balaban J connectivity index is 1.47. The van der Waals surface area contributed by atoms with E-state index in [1.807, 2.05) is 48.5 Å². The molecule has 0 aromatic heterocycles. The van der Waals surface area contributed by atoms with Crippen LogP contribution in [0.4, 0.5) is 0 Å². The molecule has 4 aromatic carbocycles. The van der Waals surface area contributed by atoms with Crippen molar-refractivity contribution in [1.82, 2.24) is 14.7 Å². The zero-order valence-corrected chi connectivity index (χ0v) is 25.5. The van der Waals surface area contributed by atoms with Crippen molar-refractivity contribution < 1.29 is 14.3 Å². The van der Waals surface area contributed by atoms with Gasteiger partial charge in [0.1, 0.15) is 17.8 Å². The molecule has 0 heterocycles. The Labute approximate surface area is 251 Å². The first-order valence-corrected chi connectivity index (χ1v) is 14.3. The third kappa shape index (κ3) is 9.55. The molecule has 0 radical (unpaired) electrons. The van der Waals surface area contributed by atoms with Crippen molar-refractivity contribution in [3.05, 3.63) is 130 Å². The summed E-state index contributed by atoms with van der Waals surface area (Å²) in [5.41, 5.74) is 8.32. The van der Waals surface area contributed by atoms with Gasteiger partial charge >= 0.3 is 0 Å². The highest BCUT2D eigenvalue weighted by Gasteiger charge is 2.11. The first-order chi connectivity index (χ1) is 20.3. The largest absolute Gasteiger partial charge is 0.497 e. The first-order valence-electron chi connectivity index (χ1n) is 14.3. The number of benzene rings is 4. The van der Waals surface area contributed by atoms with Gasteiger partial charge in [0.05, 0.1) is 14.2 Å². The topological polar surface area (TPSA) is 45.2 Å². The molecular formula is C36H43N3O3. The number of rotatable bonds is 15. The molecule has 6 nitrogen and oxygen atoms in total. The predicted octanol–water partition coefficient (Wildman–Crippen LogP) is 6.41. The fourth-order valence-electron chi connectivity index (χ4n) is 5.31.